The Morgan fingerprint density at radius 3 is 3.07 bits per heavy atom. The Labute approximate surface area is 100 Å². The third-order valence-corrected chi connectivity index (χ3v) is 3.59. The predicted molar refractivity (Wildman–Crippen MR) is 67.1 cm³/mol. The first-order valence-electron chi connectivity index (χ1n) is 4.58. The molecule has 1 aromatic carbocycles. The van der Waals surface area contributed by atoms with Crippen LogP contribution in [0.4, 0.5) is 10.1 Å². The zero-order chi connectivity index (χ0) is 10.8. The molecular formula is C10H10BrFN2S. The summed E-state index contributed by atoms with van der Waals surface area (Å²) in [6.45, 7) is 2.04. The van der Waals surface area contributed by atoms with Crippen LogP contribution in [0.15, 0.2) is 27.7 Å². The van der Waals surface area contributed by atoms with Crippen LogP contribution in [-0.4, -0.2) is 17.0 Å². The van der Waals surface area contributed by atoms with Crippen LogP contribution in [0.5, 0.6) is 0 Å². The van der Waals surface area contributed by atoms with E-state index in [-0.39, 0.29) is 5.82 Å². The fraction of sp³-hybridized carbons (Fsp3) is 0.300. The number of benzene rings is 1. The summed E-state index contributed by atoms with van der Waals surface area (Å²) in [7, 11) is 0. The Balaban J connectivity index is 2.17. The van der Waals surface area contributed by atoms with Crippen molar-refractivity contribution in [3.63, 3.8) is 0 Å². The van der Waals surface area contributed by atoms with Crippen molar-refractivity contribution < 1.29 is 4.39 Å². The van der Waals surface area contributed by atoms with Gasteiger partial charge < -0.3 is 5.32 Å². The van der Waals surface area contributed by atoms with Gasteiger partial charge in [0.15, 0.2) is 5.17 Å². The molecule has 15 heavy (non-hydrogen) atoms. The fourth-order valence-electron chi connectivity index (χ4n) is 1.25. The topological polar surface area (TPSA) is 24.4 Å². The molecule has 0 fully saturated rings. The number of anilines is 1. The van der Waals surface area contributed by atoms with Crippen LogP contribution in [0.2, 0.25) is 0 Å². The summed E-state index contributed by atoms with van der Waals surface area (Å²) in [6.07, 6.45) is 0. The molecule has 1 aliphatic rings. The molecular weight excluding hydrogens is 279 g/mol. The monoisotopic (exact) mass is 288 g/mol. The van der Waals surface area contributed by atoms with Gasteiger partial charge in [-0.25, -0.2) is 4.39 Å². The Bertz CT molecular complexity index is 408. The Kier molecular flexibility index (Phi) is 3.31. The lowest BCUT2D eigenvalue weighted by Gasteiger charge is -2.06. The van der Waals surface area contributed by atoms with E-state index < -0.39 is 0 Å². The van der Waals surface area contributed by atoms with Gasteiger partial charge in [-0.1, -0.05) is 27.7 Å². The highest BCUT2D eigenvalue weighted by Crippen LogP contribution is 2.24. The number of nitrogens with one attached hydrogen (secondary N) is 1. The van der Waals surface area contributed by atoms with Gasteiger partial charge in [-0.2, -0.15) is 0 Å². The molecule has 5 heteroatoms. The molecule has 1 aromatic rings. The molecule has 1 heterocycles. The first kappa shape index (κ1) is 11.0. The number of nitrogens with zero attached hydrogens (tertiary/aromatic N) is 1. The number of halogens is 2. The maximum absolute atomic E-state index is 13.4. The summed E-state index contributed by atoms with van der Waals surface area (Å²) < 4.78 is 14.2. The van der Waals surface area contributed by atoms with Crippen LogP contribution in [0.3, 0.4) is 0 Å². The maximum atomic E-state index is 13.4. The van der Waals surface area contributed by atoms with Crippen molar-refractivity contribution in [3.8, 4) is 0 Å². The normalized spacial score (nSPS) is 20.2. The average Bonchev–Trinajstić information content (AvgIpc) is 2.58. The van der Waals surface area contributed by atoms with Crippen molar-refractivity contribution in [2.75, 3.05) is 11.1 Å². The average molecular weight is 289 g/mol. The minimum atomic E-state index is -0.263. The molecule has 2 rings (SSSR count). The number of thioether (sulfide) groups is 1. The quantitative estimate of drug-likeness (QED) is 0.855. The number of amidine groups is 1. The van der Waals surface area contributed by atoms with E-state index in [0.717, 1.165) is 15.4 Å². The summed E-state index contributed by atoms with van der Waals surface area (Å²) in [5, 5.41) is 3.78. The van der Waals surface area contributed by atoms with Gasteiger partial charge >= 0.3 is 0 Å². The van der Waals surface area contributed by atoms with Crippen LogP contribution >= 0.6 is 27.7 Å². The van der Waals surface area contributed by atoms with E-state index in [4.69, 9.17) is 0 Å². The summed E-state index contributed by atoms with van der Waals surface area (Å²) in [5.41, 5.74) is 0.463. The smallest absolute Gasteiger partial charge is 0.161 e. The predicted octanol–water partition coefficient (Wildman–Crippen LogP) is 3.49. The molecule has 0 saturated heterocycles. The maximum Gasteiger partial charge on any atom is 0.161 e. The van der Waals surface area contributed by atoms with E-state index in [1.54, 1.807) is 23.9 Å². The van der Waals surface area contributed by atoms with Gasteiger partial charge in [0.1, 0.15) is 5.82 Å². The van der Waals surface area contributed by atoms with Crippen molar-refractivity contribution in [3.05, 3.63) is 28.5 Å². The minimum absolute atomic E-state index is 0.263. The van der Waals surface area contributed by atoms with Crippen molar-refractivity contribution >= 4 is 38.5 Å². The molecule has 1 unspecified atom stereocenters. The van der Waals surface area contributed by atoms with Crippen molar-refractivity contribution in [1.82, 2.24) is 0 Å². The van der Waals surface area contributed by atoms with E-state index in [9.17, 15) is 4.39 Å². The zero-order valence-electron chi connectivity index (χ0n) is 8.13. The number of rotatable bonds is 1. The first-order valence-corrected chi connectivity index (χ1v) is 6.35. The number of aliphatic imine (C=N–C) groups is 1. The van der Waals surface area contributed by atoms with Crippen LogP contribution in [0, 0.1) is 5.82 Å². The molecule has 1 N–H and O–H groups in total. The molecule has 0 aliphatic carbocycles. The van der Waals surface area contributed by atoms with E-state index in [1.165, 1.54) is 6.07 Å². The summed E-state index contributed by atoms with van der Waals surface area (Å²) in [5.74, 6) is 0.693. The van der Waals surface area contributed by atoms with Crippen molar-refractivity contribution in [2.45, 2.75) is 13.0 Å². The van der Waals surface area contributed by atoms with Crippen LogP contribution < -0.4 is 5.32 Å². The Morgan fingerprint density at radius 2 is 2.40 bits per heavy atom. The van der Waals surface area contributed by atoms with Gasteiger partial charge in [-0.15, -0.1) is 0 Å². The minimum Gasteiger partial charge on any atom is -0.333 e. The van der Waals surface area contributed by atoms with Gasteiger partial charge in [0, 0.05) is 10.2 Å². The van der Waals surface area contributed by atoms with Crippen LogP contribution in [0.1, 0.15) is 6.92 Å². The molecule has 0 aromatic heterocycles. The molecule has 1 atom stereocenters. The third-order valence-electron chi connectivity index (χ3n) is 1.97. The fourth-order valence-corrected chi connectivity index (χ4v) is 2.52. The van der Waals surface area contributed by atoms with E-state index in [0.29, 0.717) is 11.7 Å². The summed E-state index contributed by atoms with van der Waals surface area (Å²) in [6, 6.07) is 5.12. The highest BCUT2D eigenvalue weighted by Gasteiger charge is 2.15. The number of hydrogen-bond donors (Lipinski definition) is 1. The van der Waals surface area contributed by atoms with Gasteiger partial charge in [0.25, 0.3) is 0 Å². The first-order chi connectivity index (χ1) is 7.15. The van der Waals surface area contributed by atoms with Gasteiger partial charge in [0.05, 0.1) is 11.7 Å². The second-order valence-electron chi connectivity index (χ2n) is 3.34. The molecule has 0 radical (unpaired) electrons. The van der Waals surface area contributed by atoms with Gasteiger partial charge in [0.2, 0.25) is 0 Å². The van der Waals surface area contributed by atoms with Gasteiger partial charge in [-0.3, -0.25) is 4.99 Å². The Hall–Kier alpha value is -0.550. The van der Waals surface area contributed by atoms with E-state index >= 15 is 0 Å². The molecule has 0 saturated carbocycles. The summed E-state index contributed by atoms with van der Waals surface area (Å²) in [4.78, 5) is 4.34. The highest BCUT2D eigenvalue weighted by molar-refractivity contribution is 9.10. The van der Waals surface area contributed by atoms with Crippen LogP contribution in [0.25, 0.3) is 0 Å². The molecule has 1 aliphatic heterocycles. The molecule has 80 valence electrons. The van der Waals surface area contributed by atoms with Crippen LogP contribution in [-0.2, 0) is 0 Å². The van der Waals surface area contributed by atoms with E-state index in [2.05, 4.69) is 26.2 Å². The second-order valence-corrected chi connectivity index (χ2v) is 5.27. The largest absolute Gasteiger partial charge is 0.333 e. The van der Waals surface area contributed by atoms with Gasteiger partial charge in [-0.05, 0) is 25.1 Å². The lowest BCUT2D eigenvalue weighted by molar-refractivity contribution is 0.632. The zero-order valence-corrected chi connectivity index (χ0v) is 10.5. The lowest BCUT2D eigenvalue weighted by Crippen LogP contribution is -2.06. The SMILES string of the molecule is CC1CSC(Nc2cc(Br)ccc2F)=N1. The second kappa shape index (κ2) is 4.53. The highest BCUT2D eigenvalue weighted by atomic mass is 79.9. The molecule has 0 bridgehead atoms. The van der Waals surface area contributed by atoms with E-state index in [1.807, 2.05) is 6.92 Å². The van der Waals surface area contributed by atoms with Crippen molar-refractivity contribution in [2.24, 2.45) is 4.99 Å². The standard InChI is InChI=1S/C10H10BrFN2S/c1-6-5-15-10(13-6)14-9-4-7(11)2-3-8(9)12/h2-4,6H,5H2,1H3,(H,13,14). The number of hydrogen-bond acceptors (Lipinski definition) is 3. The molecule has 2 nitrogen and oxygen atoms in total. The molecule has 0 amide bonds. The Morgan fingerprint density at radius 1 is 1.60 bits per heavy atom. The molecule has 0 spiro atoms. The van der Waals surface area contributed by atoms with Crippen molar-refractivity contribution in [1.29, 1.82) is 0 Å². The third kappa shape index (κ3) is 2.72. The lowest BCUT2D eigenvalue weighted by atomic mass is 10.3. The summed E-state index contributed by atoms with van der Waals surface area (Å²) >= 11 is 4.92.